The second-order valence-electron chi connectivity index (χ2n) is 6.87. The van der Waals surface area contributed by atoms with Gasteiger partial charge >= 0.3 is 20.7 Å². The van der Waals surface area contributed by atoms with Gasteiger partial charge in [0.2, 0.25) is 0 Å². The Kier molecular flexibility index (Phi) is 6.70. The molecule has 0 aromatic heterocycles. The number of rotatable bonds is 3. The quantitative estimate of drug-likeness (QED) is 0.193. The molecule has 3 unspecified atom stereocenters. The van der Waals surface area contributed by atoms with E-state index >= 15 is 0 Å². The van der Waals surface area contributed by atoms with Crippen LogP contribution in [0.25, 0.3) is 5.53 Å². The molecule has 0 saturated heterocycles. The van der Waals surface area contributed by atoms with Crippen molar-refractivity contribution in [2.24, 2.45) is 17.8 Å². The number of benzene rings is 1. The maximum Gasteiger partial charge on any atom is 0.522 e. The molecule has 2 aliphatic carbocycles. The maximum absolute atomic E-state index is 12.5. The van der Waals surface area contributed by atoms with Crippen LogP contribution in [0.5, 0.6) is 0 Å². The average Bonchev–Trinajstić information content (AvgIpc) is 3.22. The molecule has 1 N–H and O–H groups in total. The van der Waals surface area contributed by atoms with E-state index in [2.05, 4.69) is 4.79 Å². The molecule has 0 aliphatic heterocycles. The van der Waals surface area contributed by atoms with Crippen molar-refractivity contribution < 1.29 is 39.3 Å². The largest absolute Gasteiger partial charge is 0.522 e. The van der Waals surface area contributed by atoms with Gasteiger partial charge in [-0.1, -0.05) is 24.6 Å². The lowest BCUT2D eigenvalue weighted by molar-refractivity contribution is -0.0510. The van der Waals surface area contributed by atoms with Crippen LogP contribution >= 0.6 is 0 Å². The van der Waals surface area contributed by atoms with Crippen LogP contribution < -0.4 is 0 Å². The zero-order chi connectivity index (χ0) is 21.2. The summed E-state index contributed by atoms with van der Waals surface area (Å²) in [7, 11) is -9.50. The van der Waals surface area contributed by atoms with Crippen LogP contribution in [0.3, 0.4) is 0 Å². The SMILES string of the molecule is O=S(=O)(O)C(F)(F)F.[N-]=[N+]=C(CC1CC2CCC1C2)S(=O)(=O)c1ccccc1. The van der Waals surface area contributed by atoms with Crippen molar-refractivity contribution in [2.75, 3.05) is 0 Å². The first-order valence-electron chi connectivity index (χ1n) is 8.41. The third-order valence-corrected chi connectivity index (χ3v) is 7.44. The van der Waals surface area contributed by atoms with Crippen LogP contribution in [0.1, 0.15) is 32.1 Å². The number of alkyl halides is 3. The molecule has 3 rings (SSSR count). The lowest BCUT2D eigenvalue weighted by atomic mass is 9.87. The first-order valence-corrected chi connectivity index (χ1v) is 11.3. The molecule has 0 radical (unpaired) electrons. The van der Waals surface area contributed by atoms with Gasteiger partial charge in [0.05, 0.1) is 11.3 Å². The van der Waals surface area contributed by atoms with Crippen LogP contribution in [-0.2, 0) is 20.0 Å². The summed E-state index contributed by atoms with van der Waals surface area (Å²) in [5.41, 5.74) is 3.63. The minimum absolute atomic E-state index is 0.0822. The summed E-state index contributed by atoms with van der Waals surface area (Å²) in [6.45, 7) is 0. The molecular formula is C16H19F3N2O5S2. The Balaban J connectivity index is 0.000000300. The predicted molar refractivity (Wildman–Crippen MR) is 93.4 cm³/mol. The summed E-state index contributed by atoms with van der Waals surface area (Å²) in [6, 6.07) is 8.21. The first kappa shape index (κ1) is 22.5. The van der Waals surface area contributed by atoms with Crippen LogP contribution in [-0.4, -0.2) is 36.7 Å². The van der Waals surface area contributed by atoms with Gasteiger partial charge in [0.1, 0.15) is 0 Å². The molecule has 3 atom stereocenters. The van der Waals surface area contributed by atoms with Gasteiger partial charge in [-0.15, -0.1) is 0 Å². The monoisotopic (exact) mass is 440 g/mol. The van der Waals surface area contributed by atoms with E-state index < -0.39 is 25.5 Å². The second-order valence-corrected chi connectivity index (χ2v) is 10.2. The normalized spacial score (nSPS) is 24.2. The summed E-state index contributed by atoms with van der Waals surface area (Å²) < 4.78 is 82.5. The Labute approximate surface area is 160 Å². The molecular weight excluding hydrogens is 421 g/mol. The number of nitrogens with zero attached hydrogens (tertiary/aromatic N) is 2. The fraction of sp³-hybridized carbons (Fsp3) is 0.562. The van der Waals surface area contributed by atoms with Crippen LogP contribution in [0.4, 0.5) is 13.2 Å². The van der Waals surface area contributed by atoms with E-state index in [4.69, 9.17) is 18.5 Å². The van der Waals surface area contributed by atoms with Gasteiger partial charge in [0.25, 0.3) is 9.84 Å². The highest BCUT2D eigenvalue weighted by molar-refractivity contribution is 8.06. The van der Waals surface area contributed by atoms with Crippen molar-refractivity contribution in [3.05, 3.63) is 35.9 Å². The zero-order valence-electron chi connectivity index (χ0n) is 14.6. The van der Waals surface area contributed by atoms with Gasteiger partial charge < -0.3 is 5.53 Å². The molecule has 0 amide bonds. The molecule has 1 aromatic carbocycles. The lowest BCUT2D eigenvalue weighted by Gasteiger charge is -2.19. The second kappa shape index (κ2) is 8.32. The van der Waals surface area contributed by atoms with Crippen molar-refractivity contribution >= 4 is 25.0 Å². The number of halogens is 3. The Bertz CT molecular complexity index is 956. The number of hydrogen-bond acceptors (Lipinski definition) is 4. The van der Waals surface area contributed by atoms with Gasteiger partial charge in [-0.05, 0) is 49.1 Å². The van der Waals surface area contributed by atoms with Crippen molar-refractivity contribution in [2.45, 2.75) is 42.5 Å². The van der Waals surface area contributed by atoms with Crippen molar-refractivity contribution in [3.8, 4) is 0 Å². The van der Waals surface area contributed by atoms with E-state index in [9.17, 15) is 21.6 Å². The Morgan fingerprint density at radius 2 is 1.68 bits per heavy atom. The summed E-state index contributed by atoms with van der Waals surface area (Å²) in [4.78, 5) is 3.32. The molecule has 2 aliphatic rings. The molecule has 2 saturated carbocycles. The fourth-order valence-electron chi connectivity index (χ4n) is 3.79. The number of hydrogen-bond donors (Lipinski definition) is 1. The van der Waals surface area contributed by atoms with Gasteiger partial charge in [0, 0.05) is 0 Å². The van der Waals surface area contributed by atoms with Crippen LogP contribution in [0, 0.1) is 17.8 Å². The highest BCUT2D eigenvalue weighted by Crippen LogP contribution is 2.49. The minimum atomic E-state index is -5.84. The van der Waals surface area contributed by atoms with E-state index in [1.54, 1.807) is 30.3 Å². The predicted octanol–water partition coefficient (Wildman–Crippen LogP) is 3.31. The molecule has 0 heterocycles. The van der Waals surface area contributed by atoms with E-state index in [-0.39, 0.29) is 9.94 Å². The van der Waals surface area contributed by atoms with Crippen LogP contribution in [0.15, 0.2) is 35.2 Å². The molecule has 7 nitrogen and oxygen atoms in total. The zero-order valence-corrected chi connectivity index (χ0v) is 16.2. The lowest BCUT2D eigenvalue weighted by Crippen LogP contribution is -2.22. The number of fused-ring (bicyclic) bond motifs is 2. The molecule has 1 aromatic rings. The van der Waals surface area contributed by atoms with E-state index in [0.717, 1.165) is 12.3 Å². The third-order valence-electron chi connectivity index (χ3n) is 5.09. The van der Waals surface area contributed by atoms with Crippen molar-refractivity contribution in [1.82, 2.24) is 0 Å². The molecule has 2 bridgehead atoms. The van der Waals surface area contributed by atoms with E-state index in [1.165, 1.54) is 19.3 Å². The molecule has 2 fully saturated rings. The van der Waals surface area contributed by atoms with E-state index in [1.807, 2.05) is 0 Å². The van der Waals surface area contributed by atoms with Gasteiger partial charge in [-0.2, -0.15) is 26.4 Å². The molecule has 156 valence electrons. The summed E-state index contributed by atoms with van der Waals surface area (Å²) in [6.07, 6.45) is 5.13. The van der Waals surface area contributed by atoms with Crippen molar-refractivity contribution in [1.29, 1.82) is 0 Å². The number of sulfone groups is 1. The van der Waals surface area contributed by atoms with Crippen LogP contribution in [0.2, 0.25) is 0 Å². The Morgan fingerprint density at radius 3 is 2.07 bits per heavy atom. The topological polar surface area (TPSA) is 125 Å². The Hall–Kier alpha value is -1.75. The Morgan fingerprint density at radius 1 is 1.11 bits per heavy atom. The third kappa shape index (κ3) is 5.19. The molecule has 12 heteroatoms. The fourth-order valence-corrected chi connectivity index (χ4v) is 5.12. The highest BCUT2D eigenvalue weighted by Gasteiger charge is 2.45. The van der Waals surface area contributed by atoms with Gasteiger partial charge in [-0.3, -0.25) is 4.55 Å². The van der Waals surface area contributed by atoms with Crippen molar-refractivity contribution in [3.63, 3.8) is 0 Å². The van der Waals surface area contributed by atoms with Gasteiger partial charge in [-0.25, -0.2) is 8.42 Å². The van der Waals surface area contributed by atoms with Gasteiger partial charge in [0.15, 0.2) is 0 Å². The molecule has 0 spiro atoms. The van der Waals surface area contributed by atoms with E-state index in [0.29, 0.717) is 18.3 Å². The highest BCUT2D eigenvalue weighted by atomic mass is 32.2. The molecule has 28 heavy (non-hydrogen) atoms. The maximum atomic E-state index is 12.5. The summed E-state index contributed by atoms with van der Waals surface area (Å²) >= 11 is 0. The average molecular weight is 440 g/mol. The summed E-state index contributed by atoms with van der Waals surface area (Å²) in [5, 5.41) is -0.0822. The minimum Gasteiger partial charge on any atom is -0.360 e. The smallest absolute Gasteiger partial charge is 0.360 e. The standard InChI is InChI=1S/C15H18N2O2S.CHF3O3S/c16-17-15(10-13-9-11-6-7-12(13)8-11)20(18,19)14-4-2-1-3-5-14;2-1(3,4)8(5,6)7/h1-5,11-13H,6-10H2;(H,5,6,7). The summed E-state index contributed by atoms with van der Waals surface area (Å²) in [5.74, 6) is 1.73. The first-order chi connectivity index (χ1) is 12.9.